The van der Waals surface area contributed by atoms with Crippen molar-refractivity contribution in [2.75, 3.05) is 0 Å². The molecule has 2 aromatic heterocycles. The number of Topliss-reactive ketones (excluding diaryl/α,β-unsaturated/α-hetero) is 1. The van der Waals surface area contributed by atoms with Gasteiger partial charge in [0.25, 0.3) is 0 Å². The molecule has 3 nitrogen and oxygen atoms in total. The molecule has 0 aliphatic rings. The molecule has 84 valence electrons. The molecule has 0 amide bonds. The van der Waals surface area contributed by atoms with Crippen molar-refractivity contribution in [1.29, 1.82) is 0 Å². The lowest BCUT2D eigenvalue weighted by atomic mass is 10.2. The Morgan fingerprint density at radius 1 is 1.44 bits per heavy atom. The number of imidazole rings is 1. The van der Waals surface area contributed by atoms with Crippen LogP contribution in [0.15, 0.2) is 24.5 Å². The Hall–Kier alpha value is -1.85. The minimum Gasteiger partial charge on any atom is -0.297 e. The van der Waals surface area contributed by atoms with Gasteiger partial charge in [0.2, 0.25) is 0 Å². The lowest BCUT2D eigenvalue weighted by Gasteiger charge is -2.08. The van der Waals surface area contributed by atoms with Crippen molar-refractivity contribution in [3.05, 3.63) is 35.9 Å². The summed E-state index contributed by atoms with van der Waals surface area (Å²) >= 11 is 0. The van der Waals surface area contributed by atoms with E-state index in [-0.39, 0.29) is 17.1 Å². The molecule has 2 rings (SSSR count). The predicted molar refractivity (Wildman–Crippen MR) is 50.2 cm³/mol. The van der Waals surface area contributed by atoms with Crippen molar-refractivity contribution in [2.24, 2.45) is 0 Å². The van der Waals surface area contributed by atoms with Crippen LogP contribution in [0.1, 0.15) is 23.1 Å². The Balaban J connectivity index is 2.77. The van der Waals surface area contributed by atoms with Crippen LogP contribution in [0.2, 0.25) is 0 Å². The van der Waals surface area contributed by atoms with Crippen molar-refractivity contribution in [2.45, 2.75) is 13.1 Å². The summed E-state index contributed by atoms with van der Waals surface area (Å²) in [5.41, 5.74) is -0.907. The van der Waals surface area contributed by atoms with Crippen molar-refractivity contribution in [3.8, 4) is 0 Å². The Bertz CT molecular complexity index is 557. The summed E-state index contributed by atoms with van der Waals surface area (Å²) in [5, 5.41) is 0. The van der Waals surface area contributed by atoms with Crippen LogP contribution in [0.4, 0.5) is 13.2 Å². The molecule has 0 N–H and O–H groups in total. The standard InChI is InChI=1S/C10H7F3N2O/c1-6(16)9-14-5-8-7(10(11,12)13)3-2-4-15(8)9/h2-5H,1H3. The molecule has 0 spiro atoms. The maximum absolute atomic E-state index is 12.6. The van der Waals surface area contributed by atoms with Crippen LogP contribution in [-0.2, 0) is 6.18 Å². The van der Waals surface area contributed by atoms with Crippen molar-refractivity contribution in [1.82, 2.24) is 9.38 Å². The van der Waals surface area contributed by atoms with Crippen LogP contribution < -0.4 is 0 Å². The van der Waals surface area contributed by atoms with Crippen molar-refractivity contribution >= 4 is 11.3 Å². The molecule has 0 aliphatic heterocycles. The number of alkyl halides is 3. The first-order valence-corrected chi connectivity index (χ1v) is 4.45. The number of halogens is 3. The number of hydrogen-bond acceptors (Lipinski definition) is 2. The van der Waals surface area contributed by atoms with E-state index in [4.69, 9.17) is 0 Å². The minimum atomic E-state index is -4.45. The highest BCUT2D eigenvalue weighted by Gasteiger charge is 2.33. The minimum absolute atomic E-state index is 0.00102. The van der Waals surface area contributed by atoms with Crippen LogP contribution in [0, 0.1) is 0 Å². The number of nitrogens with zero attached hydrogens (tertiary/aromatic N) is 2. The van der Waals surface area contributed by atoms with Gasteiger partial charge in [0.1, 0.15) is 0 Å². The maximum Gasteiger partial charge on any atom is 0.418 e. The summed E-state index contributed by atoms with van der Waals surface area (Å²) in [6, 6.07) is 2.20. The van der Waals surface area contributed by atoms with Crippen LogP contribution in [-0.4, -0.2) is 15.2 Å². The lowest BCUT2D eigenvalue weighted by Crippen LogP contribution is -2.08. The SMILES string of the molecule is CC(=O)c1ncc2c(C(F)(F)F)cccn12. The van der Waals surface area contributed by atoms with E-state index in [1.165, 1.54) is 19.2 Å². The van der Waals surface area contributed by atoms with E-state index in [0.29, 0.717) is 0 Å². The van der Waals surface area contributed by atoms with Gasteiger partial charge in [0, 0.05) is 13.1 Å². The summed E-state index contributed by atoms with van der Waals surface area (Å²) in [7, 11) is 0. The molecule has 0 saturated carbocycles. The third-order valence-corrected chi connectivity index (χ3v) is 2.19. The Morgan fingerprint density at radius 2 is 2.12 bits per heavy atom. The largest absolute Gasteiger partial charge is 0.418 e. The molecule has 2 heterocycles. The second-order valence-electron chi connectivity index (χ2n) is 3.31. The van der Waals surface area contributed by atoms with E-state index in [1.54, 1.807) is 0 Å². The predicted octanol–water partition coefficient (Wildman–Crippen LogP) is 2.56. The van der Waals surface area contributed by atoms with E-state index in [2.05, 4.69) is 4.98 Å². The van der Waals surface area contributed by atoms with E-state index in [0.717, 1.165) is 16.7 Å². The topological polar surface area (TPSA) is 34.4 Å². The average Bonchev–Trinajstić information content (AvgIpc) is 2.58. The molecule has 2 aromatic rings. The maximum atomic E-state index is 12.6. The van der Waals surface area contributed by atoms with Gasteiger partial charge in [-0.3, -0.25) is 9.20 Å². The highest BCUT2D eigenvalue weighted by atomic mass is 19.4. The fraction of sp³-hybridized carbons (Fsp3) is 0.200. The Morgan fingerprint density at radius 3 is 2.69 bits per heavy atom. The number of carbonyl (C=O) groups is 1. The number of ketones is 1. The summed E-state index contributed by atoms with van der Waals surface area (Å²) < 4.78 is 39.0. The number of hydrogen-bond donors (Lipinski definition) is 0. The van der Waals surface area contributed by atoms with Crippen LogP contribution >= 0.6 is 0 Å². The molecule has 0 fully saturated rings. The lowest BCUT2D eigenvalue weighted by molar-refractivity contribution is -0.136. The zero-order valence-corrected chi connectivity index (χ0v) is 8.25. The van der Waals surface area contributed by atoms with Gasteiger partial charge in [-0.1, -0.05) is 0 Å². The second kappa shape index (κ2) is 3.33. The van der Waals surface area contributed by atoms with Gasteiger partial charge in [-0.2, -0.15) is 13.2 Å². The Labute approximate surface area is 88.5 Å². The molecule has 0 radical (unpaired) electrons. The average molecular weight is 228 g/mol. The molecule has 0 atom stereocenters. The number of aromatic nitrogens is 2. The molecular weight excluding hydrogens is 221 g/mol. The van der Waals surface area contributed by atoms with Gasteiger partial charge < -0.3 is 0 Å². The molecule has 16 heavy (non-hydrogen) atoms. The summed E-state index contributed by atoms with van der Waals surface area (Å²) in [4.78, 5) is 14.8. The van der Waals surface area contributed by atoms with Crippen LogP contribution in [0.5, 0.6) is 0 Å². The van der Waals surface area contributed by atoms with Gasteiger partial charge in [0.05, 0.1) is 17.3 Å². The fourth-order valence-electron chi connectivity index (χ4n) is 1.52. The smallest absolute Gasteiger partial charge is 0.297 e. The molecule has 0 aromatic carbocycles. The second-order valence-corrected chi connectivity index (χ2v) is 3.31. The molecular formula is C10H7F3N2O. The Kier molecular flexibility index (Phi) is 2.22. The van der Waals surface area contributed by atoms with E-state index < -0.39 is 11.7 Å². The van der Waals surface area contributed by atoms with Crippen LogP contribution in [0.25, 0.3) is 5.52 Å². The van der Waals surface area contributed by atoms with Gasteiger partial charge in [-0.05, 0) is 12.1 Å². The zero-order valence-electron chi connectivity index (χ0n) is 8.25. The molecule has 6 heteroatoms. The molecule has 0 aliphatic carbocycles. The number of rotatable bonds is 1. The highest BCUT2D eigenvalue weighted by molar-refractivity contribution is 5.91. The number of fused-ring (bicyclic) bond motifs is 1. The van der Waals surface area contributed by atoms with E-state index >= 15 is 0 Å². The normalized spacial score (nSPS) is 12.0. The zero-order chi connectivity index (χ0) is 11.9. The van der Waals surface area contributed by atoms with Gasteiger partial charge in [-0.25, -0.2) is 4.98 Å². The third kappa shape index (κ3) is 1.56. The first kappa shape index (κ1) is 10.7. The van der Waals surface area contributed by atoms with Crippen molar-refractivity contribution < 1.29 is 18.0 Å². The molecule has 0 bridgehead atoms. The quantitative estimate of drug-likeness (QED) is 0.703. The van der Waals surface area contributed by atoms with Gasteiger partial charge >= 0.3 is 6.18 Å². The first-order valence-electron chi connectivity index (χ1n) is 4.45. The summed E-state index contributed by atoms with van der Waals surface area (Å²) in [6.07, 6.45) is -2.01. The molecule has 0 unspecified atom stereocenters. The monoisotopic (exact) mass is 228 g/mol. The van der Waals surface area contributed by atoms with E-state index in [1.807, 2.05) is 0 Å². The van der Waals surface area contributed by atoms with Gasteiger partial charge in [-0.15, -0.1) is 0 Å². The van der Waals surface area contributed by atoms with Gasteiger partial charge in [0.15, 0.2) is 11.6 Å². The van der Waals surface area contributed by atoms with Crippen LogP contribution in [0.3, 0.4) is 0 Å². The number of carbonyl (C=O) groups excluding carboxylic acids is 1. The molecule has 0 saturated heterocycles. The van der Waals surface area contributed by atoms with E-state index in [9.17, 15) is 18.0 Å². The van der Waals surface area contributed by atoms with Crippen molar-refractivity contribution in [3.63, 3.8) is 0 Å². The summed E-state index contributed by atoms with van der Waals surface area (Å²) in [5.74, 6) is -0.375. The third-order valence-electron chi connectivity index (χ3n) is 2.19. The summed E-state index contributed by atoms with van der Waals surface area (Å²) in [6.45, 7) is 1.26. The number of pyridine rings is 1. The highest BCUT2D eigenvalue weighted by Crippen LogP contribution is 2.32. The fourth-order valence-corrected chi connectivity index (χ4v) is 1.52. The first-order chi connectivity index (χ1) is 7.41.